The molecule has 0 aromatic rings. The molecule has 0 aliphatic carbocycles. The predicted octanol–water partition coefficient (Wildman–Crippen LogP) is 2.77. The number of hydrogen-bond acceptors (Lipinski definition) is 3. The number of aliphatic imine (C=N–C) groups is 1. The van der Waals surface area contributed by atoms with Gasteiger partial charge >= 0.3 is 0 Å². The molecule has 1 rings (SSSR count). The van der Waals surface area contributed by atoms with Gasteiger partial charge in [-0.2, -0.15) is 0 Å². The van der Waals surface area contributed by atoms with Crippen molar-refractivity contribution in [2.24, 2.45) is 4.99 Å². The number of likely N-dealkylation sites (N-methyl/N-ethyl adjacent to an activating group) is 1. The maximum atomic E-state index is 11.8. The summed E-state index contributed by atoms with van der Waals surface area (Å²) in [4.78, 5) is 17.8. The molecule has 1 aliphatic heterocycles. The van der Waals surface area contributed by atoms with Crippen molar-refractivity contribution in [2.45, 2.75) is 70.9 Å². The maximum Gasteiger partial charge on any atom is 0.243 e. The van der Waals surface area contributed by atoms with Crippen LogP contribution in [0.2, 0.25) is 0 Å². The molecule has 7 heteroatoms. The van der Waals surface area contributed by atoms with Crippen molar-refractivity contribution in [3.05, 3.63) is 0 Å². The third kappa shape index (κ3) is 11.6. The molecule has 1 amide bonds. The van der Waals surface area contributed by atoms with Crippen molar-refractivity contribution in [3.63, 3.8) is 0 Å². The average Bonchev–Trinajstić information content (AvgIpc) is 2.58. The fourth-order valence-electron chi connectivity index (χ4n) is 2.63. The van der Waals surface area contributed by atoms with Gasteiger partial charge in [-0.1, -0.05) is 26.2 Å². The zero-order valence-electron chi connectivity index (χ0n) is 16.3. The smallest absolute Gasteiger partial charge is 0.243 e. The van der Waals surface area contributed by atoms with Gasteiger partial charge in [-0.15, -0.1) is 24.0 Å². The van der Waals surface area contributed by atoms with E-state index in [1.807, 2.05) is 0 Å². The van der Waals surface area contributed by atoms with E-state index >= 15 is 0 Å². The molecule has 1 saturated heterocycles. The van der Waals surface area contributed by atoms with Gasteiger partial charge in [0.25, 0.3) is 0 Å². The summed E-state index contributed by atoms with van der Waals surface area (Å²) < 4.78 is 5.76. The number of guanidine groups is 1. The molecule has 0 saturated carbocycles. The number of ether oxygens (including phenoxy) is 1. The maximum absolute atomic E-state index is 11.8. The highest BCUT2D eigenvalue weighted by molar-refractivity contribution is 14.0. The molecule has 25 heavy (non-hydrogen) atoms. The molecular formula is C18H37IN4O2. The highest BCUT2D eigenvalue weighted by atomic mass is 127. The van der Waals surface area contributed by atoms with Crippen molar-refractivity contribution in [1.29, 1.82) is 0 Å². The van der Waals surface area contributed by atoms with Gasteiger partial charge in [-0.3, -0.25) is 4.79 Å². The zero-order valence-corrected chi connectivity index (χ0v) is 18.7. The third-order valence-corrected chi connectivity index (χ3v) is 4.27. The van der Waals surface area contributed by atoms with Crippen molar-refractivity contribution in [1.82, 2.24) is 15.5 Å². The van der Waals surface area contributed by atoms with Crippen LogP contribution in [-0.4, -0.2) is 62.7 Å². The molecule has 0 bridgehead atoms. The Hall–Kier alpha value is -0.570. The topological polar surface area (TPSA) is 66.0 Å². The predicted molar refractivity (Wildman–Crippen MR) is 115 cm³/mol. The number of carbonyl (C=O) groups is 1. The first-order chi connectivity index (χ1) is 11.5. The molecule has 2 N–H and O–H groups in total. The fourth-order valence-corrected chi connectivity index (χ4v) is 2.63. The van der Waals surface area contributed by atoms with Gasteiger partial charge in [0.1, 0.15) is 6.54 Å². The first kappa shape index (κ1) is 24.4. The molecule has 0 aromatic carbocycles. The van der Waals surface area contributed by atoms with Crippen LogP contribution in [0.25, 0.3) is 0 Å². The van der Waals surface area contributed by atoms with E-state index in [1.165, 1.54) is 25.7 Å². The minimum absolute atomic E-state index is 0. The molecule has 6 nitrogen and oxygen atoms in total. The van der Waals surface area contributed by atoms with Crippen LogP contribution in [0.5, 0.6) is 0 Å². The second-order valence-electron chi connectivity index (χ2n) is 6.86. The van der Waals surface area contributed by atoms with E-state index in [4.69, 9.17) is 4.74 Å². The summed E-state index contributed by atoms with van der Waals surface area (Å²) in [6.07, 6.45) is 8.49. The second-order valence-corrected chi connectivity index (χ2v) is 6.86. The zero-order chi connectivity index (χ0) is 17.8. The van der Waals surface area contributed by atoms with E-state index in [9.17, 15) is 4.79 Å². The molecule has 2 unspecified atom stereocenters. The third-order valence-electron chi connectivity index (χ3n) is 4.27. The van der Waals surface area contributed by atoms with Crippen LogP contribution in [0.15, 0.2) is 4.99 Å². The van der Waals surface area contributed by atoms with E-state index < -0.39 is 0 Å². The summed E-state index contributed by atoms with van der Waals surface area (Å²) in [5, 5.41) is 6.77. The Labute approximate surface area is 170 Å². The first-order valence-electron chi connectivity index (χ1n) is 9.39. The van der Waals surface area contributed by atoms with Gasteiger partial charge < -0.3 is 20.3 Å². The molecular weight excluding hydrogens is 431 g/mol. The quantitative estimate of drug-likeness (QED) is 0.237. The number of unbranched alkanes of at least 4 members (excludes halogenated alkanes) is 2. The lowest BCUT2D eigenvalue weighted by molar-refractivity contribution is -0.127. The monoisotopic (exact) mass is 468 g/mol. The van der Waals surface area contributed by atoms with Gasteiger partial charge in [-0.05, 0) is 32.6 Å². The summed E-state index contributed by atoms with van der Waals surface area (Å²) in [5.41, 5.74) is 0. The van der Waals surface area contributed by atoms with Crippen LogP contribution < -0.4 is 10.6 Å². The van der Waals surface area contributed by atoms with Crippen LogP contribution in [0.1, 0.15) is 58.8 Å². The lowest BCUT2D eigenvalue weighted by Gasteiger charge is -2.25. The normalized spacial score (nSPS) is 18.9. The van der Waals surface area contributed by atoms with Crippen LogP contribution >= 0.6 is 24.0 Å². The highest BCUT2D eigenvalue weighted by Gasteiger charge is 2.15. The lowest BCUT2D eigenvalue weighted by atomic mass is 10.1. The lowest BCUT2D eigenvalue weighted by Crippen LogP contribution is -2.46. The SMILES string of the molecule is CCCCCC(C)NC(=NCC(=O)N(C)C)NCC1CCCCO1.I. The molecule has 1 aliphatic rings. The summed E-state index contributed by atoms with van der Waals surface area (Å²) in [6, 6.07) is 0.338. The highest BCUT2D eigenvalue weighted by Crippen LogP contribution is 2.11. The van der Waals surface area contributed by atoms with E-state index in [0.717, 1.165) is 32.4 Å². The van der Waals surface area contributed by atoms with Crippen molar-refractivity contribution in [3.8, 4) is 0 Å². The minimum atomic E-state index is 0. The molecule has 1 fully saturated rings. The van der Waals surface area contributed by atoms with Crippen molar-refractivity contribution in [2.75, 3.05) is 33.8 Å². The van der Waals surface area contributed by atoms with E-state index in [-0.39, 0.29) is 42.5 Å². The summed E-state index contributed by atoms with van der Waals surface area (Å²) in [6.45, 7) is 6.12. The molecule has 148 valence electrons. The molecule has 2 atom stereocenters. The number of nitrogens with one attached hydrogen (secondary N) is 2. The van der Waals surface area contributed by atoms with Crippen LogP contribution in [0.3, 0.4) is 0 Å². The van der Waals surface area contributed by atoms with Crippen LogP contribution in [0.4, 0.5) is 0 Å². The largest absolute Gasteiger partial charge is 0.376 e. The van der Waals surface area contributed by atoms with Crippen LogP contribution in [-0.2, 0) is 9.53 Å². The number of nitrogens with zero attached hydrogens (tertiary/aromatic N) is 2. The van der Waals surface area contributed by atoms with Gasteiger partial charge in [0.15, 0.2) is 5.96 Å². The number of rotatable bonds is 9. The molecule has 0 radical (unpaired) electrons. The number of carbonyl (C=O) groups excluding carboxylic acids is 1. The Kier molecular flexibility index (Phi) is 14.3. The van der Waals surface area contributed by atoms with Crippen molar-refractivity contribution >= 4 is 35.8 Å². The fraction of sp³-hybridized carbons (Fsp3) is 0.889. The van der Waals surface area contributed by atoms with Crippen LogP contribution in [0, 0.1) is 0 Å². The average molecular weight is 468 g/mol. The number of amides is 1. The van der Waals surface area contributed by atoms with E-state index in [1.54, 1.807) is 19.0 Å². The summed E-state index contributed by atoms with van der Waals surface area (Å²) >= 11 is 0. The van der Waals surface area contributed by atoms with E-state index in [0.29, 0.717) is 12.0 Å². The van der Waals surface area contributed by atoms with Crippen molar-refractivity contribution < 1.29 is 9.53 Å². The standard InChI is InChI=1S/C18H36N4O2.HI/c1-5-6-7-10-15(2)21-18(20-14-17(23)22(3)4)19-13-16-11-8-9-12-24-16;/h15-16H,5-14H2,1-4H3,(H2,19,20,21);1H. The summed E-state index contributed by atoms with van der Waals surface area (Å²) in [5.74, 6) is 0.715. The van der Waals surface area contributed by atoms with Gasteiger partial charge in [0.2, 0.25) is 5.91 Å². The van der Waals surface area contributed by atoms with Gasteiger partial charge in [0, 0.05) is 33.3 Å². The number of hydrogen-bond donors (Lipinski definition) is 2. The Morgan fingerprint density at radius 1 is 1.32 bits per heavy atom. The molecule has 0 spiro atoms. The Balaban J connectivity index is 0.00000576. The van der Waals surface area contributed by atoms with Gasteiger partial charge in [0.05, 0.1) is 6.10 Å². The minimum Gasteiger partial charge on any atom is -0.376 e. The molecule has 1 heterocycles. The Morgan fingerprint density at radius 2 is 2.08 bits per heavy atom. The van der Waals surface area contributed by atoms with E-state index in [2.05, 4.69) is 29.5 Å². The Bertz CT molecular complexity index is 385. The Morgan fingerprint density at radius 3 is 2.68 bits per heavy atom. The number of halogens is 1. The van der Waals surface area contributed by atoms with Gasteiger partial charge in [-0.25, -0.2) is 4.99 Å². The first-order valence-corrected chi connectivity index (χ1v) is 9.39. The summed E-state index contributed by atoms with van der Waals surface area (Å²) in [7, 11) is 3.50. The molecule has 0 aromatic heterocycles. The second kappa shape index (κ2) is 14.6.